The summed E-state index contributed by atoms with van der Waals surface area (Å²) in [6, 6.07) is 0. The number of aliphatic carboxylic acids is 4. The SMILES string of the molecule is O=C(O)C1CC(C(=O)O)CC(C(=O)O)CC(C(=O)O)C1. The van der Waals surface area contributed by atoms with Crippen LogP contribution in [-0.4, -0.2) is 44.3 Å². The number of hydrogen-bond donors (Lipinski definition) is 4. The largest absolute Gasteiger partial charge is 0.481 e. The summed E-state index contributed by atoms with van der Waals surface area (Å²) >= 11 is 0. The van der Waals surface area contributed by atoms with E-state index in [0.717, 1.165) is 0 Å². The quantitative estimate of drug-likeness (QED) is 0.579. The second-order valence-corrected chi connectivity index (χ2v) is 5.08. The fourth-order valence-corrected chi connectivity index (χ4v) is 2.57. The summed E-state index contributed by atoms with van der Waals surface area (Å²) in [6.45, 7) is 0. The Morgan fingerprint density at radius 2 is 0.650 bits per heavy atom. The molecule has 0 radical (unpaired) electrons. The minimum Gasteiger partial charge on any atom is -0.481 e. The van der Waals surface area contributed by atoms with Crippen LogP contribution < -0.4 is 0 Å². The van der Waals surface area contributed by atoms with E-state index in [1.807, 2.05) is 0 Å². The maximum atomic E-state index is 11.1. The van der Waals surface area contributed by atoms with Gasteiger partial charge in [-0.15, -0.1) is 0 Å². The third kappa shape index (κ3) is 3.94. The Morgan fingerprint density at radius 1 is 0.500 bits per heavy atom. The molecule has 0 aromatic carbocycles. The van der Waals surface area contributed by atoms with E-state index in [0.29, 0.717) is 0 Å². The molecule has 8 heteroatoms. The van der Waals surface area contributed by atoms with Crippen molar-refractivity contribution in [2.75, 3.05) is 0 Å². The lowest BCUT2D eigenvalue weighted by Crippen LogP contribution is -2.34. The Bertz CT molecular complexity index is 341. The van der Waals surface area contributed by atoms with E-state index in [4.69, 9.17) is 20.4 Å². The van der Waals surface area contributed by atoms with Crippen LogP contribution in [0.15, 0.2) is 0 Å². The second-order valence-electron chi connectivity index (χ2n) is 5.08. The van der Waals surface area contributed by atoms with Crippen LogP contribution >= 0.6 is 0 Å². The molecule has 0 atom stereocenters. The van der Waals surface area contributed by atoms with Crippen LogP contribution in [0, 0.1) is 23.7 Å². The molecule has 112 valence electrons. The predicted octanol–water partition coefficient (Wildman–Crippen LogP) is 0.364. The highest BCUT2D eigenvalue weighted by Gasteiger charge is 2.39. The Hall–Kier alpha value is -2.12. The Morgan fingerprint density at radius 3 is 0.750 bits per heavy atom. The predicted molar refractivity (Wildman–Crippen MR) is 63.0 cm³/mol. The summed E-state index contributed by atoms with van der Waals surface area (Å²) in [5.41, 5.74) is 0. The van der Waals surface area contributed by atoms with Crippen molar-refractivity contribution in [1.29, 1.82) is 0 Å². The van der Waals surface area contributed by atoms with Crippen molar-refractivity contribution in [2.45, 2.75) is 25.7 Å². The van der Waals surface area contributed by atoms with E-state index in [1.54, 1.807) is 0 Å². The number of rotatable bonds is 4. The fraction of sp³-hybridized carbons (Fsp3) is 0.667. The van der Waals surface area contributed by atoms with Crippen LogP contribution in [0.3, 0.4) is 0 Å². The van der Waals surface area contributed by atoms with Crippen molar-refractivity contribution in [1.82, 2.24) is 0 Å². The maximum Gasteiger partial charge on any atom is 0.306 e. The van der Waals surface area contributed by atoms with Crippen molar-refractivity contribution < 1.29 is 39.6 Å². The summed E-state index contributed by atoms with van der Waals surface area (Å²) in [4.78, 5) is 44.3. The summed E-state index contributed by atoms with van der Waals surface area (Å²) in [5, 5.41) is 36.1. The van der Waals surface area contributed by atoms with Gasteiger partial charge in [-0.05, 0) is 25.7 Å². The molecule has 0 unspecified atom stereocenters. The van der Waals surface area contributed by atoms with Gasteiger partial charge in [0.05, 0.1) is 23.7 Å². The highest BCUT2D eigenvalue weighted by Crippen LogP contribution is 2.34. The molecule has 1 saturated carbocycles. The third-order valence-corrected chi connectivity index (χ3v) is 3.67. The van der Waals surface area contributed by atoms with E-state index in [1.165, 1.54) is 0 Å². The summed E-state index contributed by atoms with van der Waals surface area (Å²) in [6.07, 6.45) is -1.01. The van der Waals surface area contributed by atoms with Crippen LogP contribution in [0.1, 0.15) is 25.7 Å². The Kier molecular flexibility index (Phi) is 5.06. The number of carbonyl (C=O) groups is 4. The van der Waals surface area contributed by atoms with E-state index in [2.05, 4.69) is 0 Å². The first kappa shape index (κ1) is 15.9. The standard InChI is InChI=1S/C12H16O8/c13-9(14)5-1-6(10(15)16)3-8(12(19)20)4-7(2-5)11(17)18/h5-8H,1-4H2,(H,13,14)(H,15,16)(H,17,18)(H,19,20). The molecule has 1 fully saturated rings. The van der Waals surface area contributed by atoms with Crippen molar-refractivity contribution in [3.8, 4) is 0 Å². The minimum atomic E-state index is -1.25. The van der Waals surface area contributed by atoms with Crippen molar-refractivity contribution in [3.05, 3.63) is 0 Å². The summed E-state index contributed by atoms with van der Waals surface area (Å²) in [7, 11) is 0. The van der Waals surface area contributed by atoms with Gasteiger partial charge >= 0.3 is 23.9 Å². The Balaban J connectivity index is 3.02. The number of hydrogen-bond acceptors (Lipinski definition) is 4. The lowest BCUT2D eigenvalue weighted by Gasteiger charge is -2.28. The van der Waals surface area contributed by atoms with Gasteiger partial charge in [0.2, 0.25) is 0 Å². The normalized spacial score (nSPS) is 30.8. The molecule has 0 aromatic heterocycles. The molecule has 0 bridgehead atoms. The fourth-order valence-electron chi connectivity index (χ4n) is 2.57. The van der Waals surface area contributed by atoms with E-state index in [9.17, 15) is 19.2 Å². The molecule has 0 heterocycles. The minimum absolute atomic E-state index is 0.252. The van der Waals surface area contributed by atoms with Crippen molar-refractivity contribution in [2.24, 2.45) is 23.7 Å². The molecule has 1 aliphatic carbocycles. The molecule has 20 heavy (non-hydrogen) atoms. The van der Waals surface area contributed by atoms with Gasteiger partial charge in [0.15, 0.2) is 0 Å². The van der Waals surface area contributed by atoms with Crippen molar-refractivity contribution >= 4 is 23.9 Å². The smallest absolute Gasteiger partial charge is 0.306 e. The second kappa shape index (κ2) is 6.36. The van der Waals surface area contributed by atoms with Gasteiger partial charge in [0.25, 0.3) is 0 Å². The van der Waals surface area contributed by atoms with Crippen molar-refractivity contribution in [3.63, 3.8) is 0 Å². The number of carboxylic acids is 4. The molecule has 0 aliphatic heterocycles. The van der Waals surface area contributed by atoms with Gasteiger partial charge in [0.1, 0.15) is 0 Å². The van der Waals surface area contributed by atoms with Crippen LogP contribution in [0.5, 0.6) is 0 Å². The Labute approximate surface area is 114 Å². The van der Waals surface area contributed by atoms with Crippen LogP contribution in [0.4, 0.5) is 0 Å². The molecule has 8 nitrogen and oxygen atoms in total. The van der Waals surface area contributed by atoms with Crippen LogP contribution in [0.2, 0.25) is 0 Å². The van der Waals surface area contributed by atoms with E-state index >= 15 is 0 Å². The lowest BCUT2D eigenvalue weighted by atomic mass is 9.75. The van der Waals surface area contributed by atoms with Gasteiger partial charge < -0.3 is 20.4 Å². The van der Waals surface area contributed by atoms with E-state index < -0.39 is 47.5 Å². The van der Waals surface area contributed by atoms with Crippen LogP contribution in [-0.2, 0) is 19.2 Å². The zero-order chi connectivity index (χ0) is 15.4. The molecular formula is C12H16O8. The highest BCUT2D eigenvalue weighted by molar-refractivity contribution is 5.78. The average molecular weight is 288 g/mol. The third-order valence-electron chi connectivity index (χ3n) is 3.67. The average Bonchev–Trinajstić information content (AvgIpc) is 2.26. The molecule has 0 spiro atoms. The van der Waals surface area contributed by atoms with Crippen LogP contribution in [0.25, 0.3) is 0 Å². The highest BCUT2D eigenvalue weighted by atomic mass is 16.4. The zero-order valence-corrected chi connectivity index (χ0v) is 10.6. The van der Waals surface area contributed by atoms with Gasteiger partial charge in [-0.1, -0.05) is 0 Å². The molecule has 1 rings (SSSR count). The lowest BCUT2D eigenvalue weighted by molar-refractivity contribution is -0.152. The van der Waals surface area contributed by atoms with Gasteiger partial charge in [-0.2, -0.15) is 0 Å². The monoisotopic (exact) mass is 288 g/mol. The first-order chi connectivity index (χ1) is 9.22. The summed E-state index contributed by atoms with van der Waals surface area (Å²) in [5.74, 6) is -9.38. The molecular weight excluding hydrogens is 272 g/mol. The first-order valence-corrected chi connectivity index (χ1v) is 6.13. The first-order valence-electron chi connectivity index (χ1n) is 6.13. The van der Waals surface area contributed by atoms with E-state index in [-0.39, 0.29) is 25.7 Å². The van der Waals surface area contributed by atoms with Gasteiger partial charge in [-0.25, -0.2) is 0 Å². The summed E-state index contributed by atoms with van der Waals surface area (Å²) < 4.78 is 0. The number of carboxylic acid groups (broad SMARTS) is 4. The molecule has 4 N–H and O–H groups in total. The molecule has 0 saturated heterocycles. The maximum absolute atomic E-state index is 11.1. The molecule has 0 aromatic rings. The van der Waals surface area contributed by atoms with Gasteiger partial charge in [-0.3, -0.25) is 19.2 Å². The van der Waals surface area contributed by atoms with Gasteiger partial charge in [0, 0.05) is 0 Å². The zero-order valence-electron chi connectivity index (χ0n) is 10.6. The molecule has 1 aliphatic rings. The topological polar surface area (TPSA) is 149 Å². The molecule has 0 amide bonds.